The van der Waals surface area contributed by atoms with Crippen LogP contribution in [0.25, 0.3) is 21.9 Å². The predicted octanol–water partition coefficient (Wildman–Crippen LogP) is 4.50. The van der Waals surface area contributed by atoms with E-state index in [1.165, 1.54) is 0 Å². The molecule has 0 atom stereocenters. The molecular weight excluding hydrogens is 370 g/mol. The fourth-order valence-corrected chi connectivity index (χ4v) is 3.74. The number of hydrogen-bond donors (Lipinski definition) is 1. The third kappa shape index (κ3) is 2.97. The first kappa shape index (κ1) is 16.5. The Morgan fingerprint density at radius 2 is 1.86 bits per heavy atom. The molecule has 0 radical (unpaired) electrons. The topological polar surface area (TPSA) is 64.2 Å². The number of imidazole rings is 2. The molecule has 0 bridgehead atoms. The van der Waals surface area contributed by atoms with Crippen molar-refractivity contribution < 1.29 is 4.79 Å². The Morgan fingerprint density at radius 3 is 2.64 bits per heavy atom. The van der Waals surface area contributed by atoms with E-state index in [1.807, 2.05) is 76.8 Å². The molecule has 5 rings (SSSR count). The van der Waals surface area contributed by atoms with Crippen LogP contribution in [0.2, 0.25) is 0 Å². The van der Waals surface area contributed by atoms with Crippen molar-refractivity contribution in [3.05, 3.63) is 90.6 Å². The summed E-state index contributed by atoms with van der Waals surface area (Å²) in [4.78, 5) is 22.4. The van der Waals surface area contributed by atoms with Gasteiger partial charge in [-0.3, -0.25) is 13.8 Å². The molecule has 2 aromatic carbocycles. The molecule has 1 N–H and O–H groups in total. The number of nitrogens with one attached hydrogen (secondary N) is 1. The first-order valence-electron chi connectivity index (χ1n) is 8.70. The number of rotatable bonds is 4. The number of carbonyl (C=O) groups excluding carboxylic acids is 1. The summed E-state index contributed by atoms with van der Waals surface area (Å²) in [5, 5.41) is 4.94. The quantitative estimate of drug-likeness (QED) is 0.495. The number of thiazole rings is 1. The zero-order valence-corrected chi connectivity index (χ0v) is 15.5. The van der Waals surface area contributed by atoms with E-state index in [-0.39, 0.29) is 5.91 Å². The van der Waals surface area contributed by atoms with Gasteiger partial charge in [-0.2, -0.15) is 0 Å². The molecular formula is C21H15N5OS. The normalized spacial score (nSPS) is 11.0. The van der Waals surface area contributed by atoms with Gasteiger partial charge in [0.25, 0.3) is 5.91 Å². The predicted molar refractivity (Wildman–Crippen MR) is 110 cm³/mol. The molecule has 5 aromatic rings. The zero-order valence-electron chi connectivity index (χ0n) is 14.7. The number of amides is 1. The molecule has 136 valence electrons. The zero-order chi connectivity index (χ0) is 18.9. The molecule has 6 nitrogen and oxygen atoms in total. The summed E-state index contributed by atoms with van der Waals surface area (Å²) in [6, 6.07) is 17.3. The van der Waals surface area contributed by atoms with E-state index in [9.17, 15) is 4.79 Å². The van der Waals surface area contributed by atoms with Gasteiger partial charge in [-0.15, -0.1) is 11.3 Å². The van der Waals surface area contributed by atoms with E-state index in [1.54, 1.807) is 28.4 Å². The van der Waals surface area contributed by atoms with E-state index >= 15 is 0 Å². The smallest absolute Gasteiger partial charge is 0.274 e. The van der Waals surface area contributed by atoms with Gasteiger partial charge in [-0.05, 0) is 24.3 Å². The van der Waals surface area contributed by atoms with Crippen molar-refractivity contribution in [1.82, 2.24) is 18.9 Å². The average molecular weight is 385 g/mol. The summed E-state index contributed by atoms with van der Waals surface area (Å²) >= 11 is 1.60. The summed E-state index contributed by atoms with van der Waals surface area (Å²) in [5.41, 5.74) is 4.00. The molecule has 28 heavy (non-hydrogen) atoms. The van der Waals surface area contributed by atoms with Crippen LogP contribution in [0.4, 0.5) is 5.69 Å². The average Bonchev–Trinajstić information content (AvgIpc) is 3.45. The summed E-state index contributed by atoms with van der Waals surface area (Å²) < 4.78 is 3.77. The molecule has 0 saturated carbocycles. The fraction of sp³-hybridized carbons (Fsp3) is 0. The van der Waals surface area contributed by atoms with Crippen LogP contribution in [0.5, 0.6) is 0 Å². The number of benzene rings is 2. The van der Waals surface area contributed by atoms with Crippen LogP contribution in [0.3, 0.4) is 0 Å². The first-order chi connectivity index (χ1) is 13.8. The van der Waals surface area contributed by atoms with Crippen molar-refractivity contribution in [3.63, 3.8) is 0 Å². The van der Waals surface area contributed by atoms with Gasteiger partial charge in [0.05, 0.1) is 18.2 Å². The fourth-order valence-electron chi connectivity index (χ4n) is 3.04. The Balaban J connectivity index is 1.36. The van der Waals surface area contributed by atoms with Crippen LogP contribution < -0.4 is 5.32 Å². The van der Waals surface area contributed by atoms with Crippen molar-refractivity contribution >= 4 is 27.9 Å². The number of anilines is 1. The monoisotopic (exact) mass is 385 g/mol. The molecule has 0 spiro atoms. The highest BCUT2D eigenvalue weighted by Gasteiger charge is 2.13. The van der Waals surface area contributed by atoms with Crippen molar-refractivity contribution in [2.45, 2.75) is 0 Å². The van der Waals surface area contributed by atoms with Gasteiger partial charge >= 0.3 is 0 Å². The van der Waals surface area contributed by atoms with Gasteiger partial charge in [-0.25, -0.2) is 9.97 Å². The summed E-state index contributed by atoms with van der Waals surface area (Å²) in [6.45, 7) is 0. The SMILES string of the molecule is O=C(Nc1ccc(-c2cn3ccsc3n2)cc1)c1cncn1-c1ccccc1. The van der Waals surface area contributed by atoms with Gasteiger partial charge in [0.1, 0.15) is 5.69 Å². The third-order valence-electron chi connectivity index (χ3n) is 4.44. The Hall–Kier alpha value is -3.71. The molecule has 7 heteroatoms. The maximum Gasteiger partial charge on any atom is 0.274 e. The highest BCUT2D eigenvalue weighted by molar-refractivity contribution is 7.15. The first-order valence-corrected chi connectivity index (χ1v) is 9.58. The van der Waals surface area contributed by atoms with Gasteiger partial charge in [0.15, 0.2) is 4.96 Å². The molecule has 0 aliphatic carbocycles. The maximum absolute atomic E-state index is 12.7. The number of para-hydroxylation sites is 1. The van der Waals surface area contributed by atoms with Gasteiger partial charge in [-0.1, -0.05) is 30.3 Å². The second kappa shape index (κ2) is 6.79. The molecule has 3 aromatic heterocycles. The van der Waals surface area contributed by atoms with Gasteiger partial charge in [0.2, 0.25) is 0 Å². The van der Waals surface area contributed by atoms with E-state index < -0.39 is 0 Å². The molecule has 1 amide bonds. The highest BCUT2D eigenvalue weighted by Crippen LogP contribution is 2.23. The van der Waals surface area contributed by atoms with E-state index in [0.717, 1.165) is 27.6 Å². The lowest BCUT2D eigenvalue weighted by atomic mass is 10.1. The summed E-state index contributed by atoms with van der Waals surface area (Å²) in [5.74, 6) is -0.211. The van der Waals surface area contributed by atoms with E-state index in [4.69, 9.17) is 0 Å². The second-order valence-corrected chi connectivity index (χ2v) is 7.11. The Labute approximate surface area is 164 Å². The van der Waals surface area contributed by atoms with Crippen LogP contribution in [-0.2, 0) is 0 Å². The minimum atomic E-state index is -0.211. The van der Waals surface area contributed by atoms with Crippen LogP contribution in [0, 0.1) is 0 Å². The van der Waals surface area contributed by atoms with Crippen molar-refractivity contribution in [1.29, 1.82) is 0 Å². The lowest BCUT2D eigenvalue weighted by Gasteiger charge is -2.09. The van der Waals surface area contributed by atoms with Crippen molar-refractivity contribution in [3.8, 4) is 16.9 Å². The number of aromatic nitrogens is 4. The summed E-state index contributed by atoms with van der Waals surface area (Å²) in [6.07, 6.45) is 7.19. The lowest BCUT2D eigenvalue weighted by Crippen LogP contribution is -2.16. The molecule has 0 aliphatic rings. The van der Waals surface area contributed by atoms with Gasteiger partial charge in [0, 0.05) is 34.7 Å². The highest BCUT2D eigenvalue weighted by atomic mass is 32.1. The number of carbonyl (C=O) groups is 1. The van der Waals surface area contributed by atoms with E-state index in [0.29, 0.717) is 5.69 Å². The van der Waals surface area contributed by atoms with E-state index in [2.05, 4.69) is 15.3 Å². The Morgan fingerprint density at radius 1 is 1.04 bits per heavy atom. The molecule has 0 saturated heterocycles. The van der Waals surface area contributed by atoms with Gasteiger partial charge < -0.3 is 5.32 Å². The van der Waals surface area contributed by atoms with Crippen LogP contribution in [0.1, 0.15) is 10.5 Å². The molecule has 0 aliphatic heterocycles. The number of hydrogen-bond acceptors (Lipinski definition) is 4. The number of nitrogens with zero attached hydrogens (tertiary/aromatic N) is 4. The van der Waals surface area contributed by atoms with Crippen LogP contribution >= 0.6 is 11.3 Å². The third-order valence-corrected chi connectivity index (χ3v) is 5.21. The standard InChI is InChI=1S/C21H15N5OS/c27-20(19-12-22-14-26(19)17-4-2-1-3-5-17)23-16-8-6-15(7-9-16)18-13-25-10-11-28-21(25)24-18/h1-14H,(H,23,27). The maximum atomic E-state index is 12.7. The van der Waals surface area contributed by atoms with Crippen molar-refractivity contribution in [2.75, 3.05) is 5.32 Å². The largest absolute Gasteiger partial charge is 0.321 e. The minimum absolute atomic E-state index is 0.211. The van der Waals surface area contributed by atoms with Crippen LogP contribution in [-0.4, -0.2) is 24.8 Å². The minimum Gasteiger partial charge on any atom is -0.321 e. The van der Waals surface area contributed by atoms with Crippen LogP contribution in [0.15, 0.2) is 84.9 Å². The number of fused-ring (bicyclic) bond motifs is 1. The molecule has 0 unspecified atom stereocenters. The lowest BCUT2D eigenvalue weighted by molar-refractivity contribution is 0.102. The van der Waals surface area contributed by atoms with Crippen molar-refractivity contribution in [2.24, 2.45) is 0 Å². The Bertz CT molecular complexity index is 1220. The Kier molecular flexibility index (Phi) is 3.99. The second-order valence-electron chi connectivity index (χ2n) is 6.23. The molecule has 3 heterocycles. The summed E-state index contributed by atoms with van der Waals surface area (Å²) in [7, 11) is 0. The molecule has 0 fully saturated rings.